The number of benzene rings is 6. The Morgan fingerprint density at radius 3 is 1.73 bits per heavy atom. The second-order valence-corrected chi connectivity index (χ2v) is 11.2. The molecule has 8 aromatic rings. The van der Waals surface area contributed by atoms with E-state index in [4.69, 9.17) is 15.0 Å². The Balaban J connectivity index is 1.45. The third-order valence-corrected chi connectivity index (χ3v) is 8.19. The number of aryl methyl sites for hydroxylation is 1. The maximum absolute atomic E-state index is 13.9. The van der Waals surface area contributed by atoms with Crippen LogP contribution in [0.2, 0.25) is 0 Å². The van der Waals surface area contributed by atoms with Gasteiger partial charge >= 0.3 is 0 Å². The van der Waals surface area contributed by atoms with Gasteiger partial charge in [-0.05, 0) is 60.0 Å². The Hall–Kier alpha value is -5.94. The molecule has 6 aromatic carbocycles. The van der Waals surface area contributed by atoms with Crippen molar-refractivity contribution < 1.29 is 4.39 Å². The molecule has 0 amide bonds. The summed E-state index contributed by atoms with van der Waals surface area (Å²) in [5.41, 5.74) is 8.84. The van der Waals surface area contributed by atoms with E-state index in [1.165, 1.54) is 23.1 Å². The van der Waals surface area contributed by atoms with E-state index in [-0.39, 0.29) is 5.82 Å². The Labute approximate surface area is 260 Å². The molecular weight excluding hydrogens is 555 g/mol. The maximum Gasteiger partial charge on any atom is 0.166 e. The van der Waals surface area contributed by atoms with Crippen LogP contribution in [0.4, 0.5) is 4.39 Å². The quantitative estimate of drug-likeness (QED) is 0.203. The zero-order valence-electron chi connectivity index (χ0n) is 24.5. The SMILES string of the molecule is Cc1ccc2c3ccccc3n(-c3cc(-c4ccc(F)cc4)ccc3-c3nc(-c4ccccc4)nc(-c4ccccc4)n3)c2c1. The van der Waals surface area contributed by atoms with E-state index in [0.29, 0.717) is 17.5 Å². The zero-order valence-corrected chi connectivity index (χ0v) is 24.5. The first-order chi connectivity index (χ1) is 22.1. The molecule has 0 radical (unpaired) electrons. The second-order valence-electron chi connectivity index (χ2n) is 11.2. The van der Waals surface area contributed by atoms with Gasteiger partial charge in [-0.15, -0.1) is 0 Å². The van der Waals surface area contributed by atoms with Crippen molar-refractivity contribution in [3.8, 4) is 51.0 Å². The van der Waals surface area contributed by atoms with E-state index >= 15 is 0 Å². The van der Waals surface area contributed by atoms with Crippen molar-refractivity contribution in [1.29, 1.82) is 0 Å². The molecule has 0 spiro atoms. The van der Waals surface area contributed by atoms with Crippen LogP contribution in [0.25, 0.3) is 72.8 Å². The summed E-state index contributed by atoms with van der Waals surface area (Å²) in [6, 6.07) is 47.9. The van der Waals surface area contributed by atoms with Gasteiger partial charge in [0.05, 0.1) is 16.7 Å². The molecule has 0 fully saturated rings. The van der Waals surface area contributed by atoms with Gasteiger partial charge in [-0.2, -0.15) is 0 Å². The van der Waals surface area contributed by atoms with Crippen molar-refractivity contribution >= 4 is 21.8 Å². The lowest BCUT2D eigenvalue weighted by Gasteiger charge is -2.16. The molecule has 45 heavy (non-hydrogen) atoms. The Kier molecular flexibility index (Phi) is 6.50. The van der Waals surface area contributed by atoms with Gasteiger partial charge in [0.2, 0.25) is 0 Å². The van der Waals surface area contributed by atoms with E-state index in [1.807, 2.05) is 72.8 Å². The summed E-state index contributed by atoms with van der Waals surface area (Å²) in [4.78, 5) is 15.1. The highest BCUT2D eigenvalue weighted by Gasteiger charge is 2.20. The van der Waals surface area contributed by atoms with Crippen molar-refractivity contribution in [2.24, 2.45) is 0 Å². The first-order valence-electron chi connectivity index (χ1n) is 14.9. The lowest BCUT2D eigenvalue weighted by atomic mass is 10.0. The summed E-state index contributed by atoms with van der Waals surface area (Å²) in [5, 5.41) is 2.33. The molecule has 5 heteroatoms. The normalized spacial score (nSPS) is 11.3. The Morgan fingerprint density at radius 2 is 1.04 bits per heavy atom. The lowest BCUT2D eigenvalue weighted by Crippen LogP contribution is -2.04. The van der Waals surface area contributed by atoms with Gasteiger partial charge < -0.3 is 4.57 Å². The molecule has 2 heterocycles. The van der Waals surface area contributed by atoms with Crippen molar-refractivity contribution in [2.45, 2.75) is 6.92 Å². The molecule has 0 aliphatic carbocycles. The highest BCUT2D eigenvalue weighted by molar-refractivity contribution is 6.10. The van der Waals surface area contributed by atoms with Gasteiger partial charge in [0, 0.05) is 27.5 Å². The van der Waals surface area contributed by atoms with Gasteiger partial charge in [-0.25, -0.2) is 19.3 Å². The molecule has 0 aliphatic heterocycles. The monoisotopic (exact) mass is 582 g/mol. The minimum absolute atomic E-state index is 0.263. The standard InChI is InChI=1S/C40H27FN4/c1-26-16-22-33-32-14-8-9-15-35(32)45(36(33)24-26)37-25-30(27-17-20-31(41)21-18-27)19-23-34(37)40-43-38(28-10-4-2-5-11-28)42-39(44-40)29-12-6-3-7-13-29/h2-25H,1H3. The Bertz CT molecular complexity index is 2270. The predicted molar refractivity (Wildman–Crippen MR) is 181 cm³/mol. The summed E-state index contributed by atoms with van der Waals surface area (Å²) >= 11 is 0. The van der Waals surface area contributed by atoms with Crippen LogP contribution >= 0.6 is 0 Å². The molecule has 0 unspecified atom stereocenters. The van der Waals surface area contributed by atoms with Gasteiger partial charge in [-0.1, -0.05) is 109 Å². The van der Waals surface area contributed by atoms with Gasteiger partial charge in [-0.3, -0.25) is 0 Å². The summed E-state index contributed by atoms with van der Waals surface area (Å²) in [6.45, 7) is 2.11. The molecule has 8 rings (SSSR count). The van der Waals surface area contributed by atoms with Crippen molar-refractivity contribution in [1.82, 2.24) is 19.5 Å². The van der Waals surface area contributed by atoms with Gasteiger partial charge in [0.1, 0.15) is 5.82 Å². The van der Waals surface area contributed by atoms with Crippen LogP contribution in [-0.2, 0) is 0 Å². The first-order valence-corrected chi connectivity index (χ1v) is 14.9. The van der Waals surface area contributed by atoms with E-state index in [1.54, 1.807) is 0 Å². The van der Waals surface area contributed by atoms with Crippen LogP contribution in [0.3, 0.4) is 0 Å². The van der Waals surface area contributed by atoms with E-state index in [9.17, 15) is 4.39 Å². The number of fused-ring (bicyclic) bond motifs is 3. The fourth-order valence-corrected chi connectivity index (χ4v) is 6.00. The van der Waals surface area contributed by atoms with Gasteiger partial charge in [0.15, 0.2) is 17.5 Å². The minimum Gasteiger partial charge on any atom is -0.308 e. The summed E-state index contributed by atoms with van der Waals surface area (Å²) in [5.74, 6) is 1.51. The van der Waals surface area contributed by atoms with Crippen LogP contribution in [-0.4, -0.2) is 19.5 Å². The molecule has 0 aliphatic rings. The highest BCUT2D eigenvalue weighted by Crippen LogP contribution is 2.38. The van der Waals surface area contributed by atoms with Crippen molar-refractivity contribution in [3.63, 3.8) is 0 Å². The predicted octanol–water partition coefficient (Wildman–Crippen LogP) is 10.1. The first kappa shape index (κ1) is 26.7. The van der Waals surface area contributed by atoms with Crippen LogP contribution in [0.5, 0.6) is 0 Å². The fourth-order valence-electron chi connectivity index (χ4n) is 6.00. The second kappa shape index (κ2) is 11.0. The smallest absolute Gasteiger partial charge is 0.166 e. The number of rotatable bonds is 5. The lowest BCUT2D eigenvalue weighted by molar-refractivity contribution is 0.628. The molecule has 4 nitrogen and oxygen atoms in total. The highest BCUT2D eigenvalue weighted by atomic mass is 19.1. The van der Waals surface area contributed by atoms with Crippen molar-refractivity contribution in [3.05, 3.63) is 157 Å². The third kappa shape index (κ3) is 4.85. The molecule has 0 saturated heterocycles. The van der Waals surface area contributed by atoms with Crippen molar-refractivity contribution in [2.75, 3.05) is 0 Å². The van der Waals surface area contributed by atoms with Crippen LogP contribution < -0.4 is 0 Å². The third-order valence-electron chi connectivity index (χ3n) is 8.19. The summed E-state index contributed by atoms with van der Waals surface area (Å²) in [6.07, 6.45) is 0. The average Bonchev–Trinajstić information content (AvgIpc) is 3.42. The van der Waals surface area contributed by atoms with Crippen LogP contribution in [0.1, 0.15) is 5.56 Å². The minimum atomic E-state index is -0.263. The number of para-hydroxylation sites is 1. The summed E-state index contributed by atoms with van der Waals surface area (Å²) < 4.78 is 16.2. The molecule has 0 bridgehead atoms. The van der Waals surface area contributed by atoms with E-state index in [2.05, 4.69) is 72.2 Å². The van der Waals surface area contributed by atoms with E-state index < -0.39 is 0 Å². The largest absolute Gasteiger partial charge is 0.308 e. The molecular formula is C40H27FN4. The fraction of sp³-hybridized carbons (Fsp3) is 0.0250. The molecule has 2 aromatic heterocycles. The number of hydrogen-bond donors (Lipinski definition) is 0. The van der Waals surface area contributed by atoms with Crippen LogP contribution in [0, 0.1) is 12.7 Å². The number of aromatic nitrogens is 4. The number of hydrogen-bond acceptors (Lipinski definition) is 3. The van der Waals surface area contributed by atoms with Gasteiger partial charge in [0.25, 0.3) is 0 Å². The summed E-state index contributed by atoms with van der Waals surface area (Å²) in [7, 11) is 0. The molecule has 0 saturated carbocycles. The molecule has 0 N–H and O–H groups in total. The zero-order chi connectivity index (χ0) is 30.3. The Morgan fingerprint density at radius 1 is 0.467 bits per heavy atom. The topological polar surface area (TPSA) is 43.6 Å². The molecule has 0 atom stereocenters. The van der Waals surface area contributed by atoms with E-state index in [0.717, 1.165) is 49.9 Å². The average molecular weight is 583 g/mol. The molecule has 214 valence electrons. The van der Waals surface area contributed by atoms with Crippen LogP contribution in [0.15, 0.2) is 146 Å². The number of halogens is 1. The number of nitrogens with zero attached hydrogens (tertiary/aromatic N) is 4. The maximum atomic E-state index is 13.9.